The van der Waals surface area contributed by atoms with Crippen molar-refractivity contribution >= 4 is 11.3 Å². The van der Waals surface area contributed by atoms with Crippen LogP contribution in [0.15, 0.2) is 16.8 Å². The van der Waals surface area contributed by atoms with Gasteiger partial charge in [0.15, 0.2) is 0 Å². The van der Waals surface area contributed by atoms with Crippen molar-refractivity contribution in [1.29, 1.82) is 0 Å². The molecule has 2 N–H and O–H groups in total. The van der Waals surface area contributed by atoms with E-state index in [9.17, 15) is 5.11 Å². The highest BCUT2D eigenvalue weighted by Gasteiger charge is 2.09. The molecular weight excluding hydrogens is 194 g/mol. The summed E-state index contributed by atoms with van der Waals surface area (Å²) in [7, 11) is 0. The lowest BCUT2D eigenvalue weighted by Crippen LogP contribution is -2.30. The fourth-order valence-corrected chi connectivity index (χ4v) is 1.86. The van der Waals surface area contributed by atoms with E-state index in [4.69, 9.17) is 6.42 Å². The fourth-order valence-electron chi connectivity index (χ4n) is 1.16. The van der Waals surface area contributed by atoms with Gasteiger partial charge in [0.2, 0.25) is 0 Å². The van der Waals surface area contributed by atoms with Crippen LogP contribution in [0.25, 0.3) is 0 Å². The second kappa shape index (κ2) is 5.82. The fraction of sp³-hybridized carbons (Fsp3) is 0.455. The van der Waals surface area contributed by atoms with Crippen molar-refractivity contribution in [3.8, 4) is 12.3 Å². The minimum atomic E-state index is -0.455. The lowest BCUT2D eigenvalue weighted by Gasteiger charge is -2.14. The van der Waals surface area contributed by atoms with Crippen LogP contribution in [0.5, 0.6) is 0 Å². The van der Waals surface area contributed by atoms with Gasteiger partial charge in [-0.15, -0.1) is 6.42 Å². The van der Waals surface area contributed by atoms with Crippen molar-refractivity contribution in [2.75, 3.05) is 6.54 Å². The maximum absolute atomic E-state index is 9.72. The molecule has 0 amide bonds. The first-order chi connectivity index (χ1) is 6.77. The minimum Gasteiger partial charge on any atom is -0.387 e. The Labute approximate surface area is 89.0 Å². The number of rotatable bonds is 5. The zero-order valence-corrected chi connectivity index (χ0v) is 9.05. The lowest BCUT2D eigenvalue weighted by molar-refractivity contribution is 0.173. The Balaban J connectivity index is 2.35. The van der Waals surface area contributed by atoms with Gasteiger partial charge in [-0.05, 0) is 28.8 Å². The van der Waals surface area contributed by atoms with Crippen LogP contribution in [-0.2, 0) is 0 Å². The van der Waals surface area contributed by atoms with Gasteiger partial charge in [0.05, 0.1) is 12.1 Å². The van der Waals surface area contributed by atoms with E-state index in [0.29, 0.717) is 6.54 Å². The van der Waals surface area contributed by atoms with E-state index in [2.05, 4.69) is 11.2 Å². The number of aliphatic hydroxyl groups excluding tert-OH is 1. The van der Waals surface area contributed by atoms with Crippen LogP contribution in [-0.4, -0.2) is 17.7 Å². The standard InChI is InChI=1S/C11H15NOS/c1-3-10(4-2)12-7-11(13)9-5-6-14-8-9/h1,5-6,8,10-13H,4,7H2,2H3. The van der Waals surface area contributed by atoms with Gasteiger partial charge in [-0.1, -0.05) is 12.8 Å². The zero-order valence-electron chi connectivity index (χ0n) is 8.23. The number of thiophene rings is 1. The third-order valence-corrected chi connectivity index (χ3v) is 2.80. The predicted molar refractivity (Wildman–Crippen MR) is 60.2 cm³/mol. The van der Waals surface area contributed by atoms with Crippen molar-refractivity contribution in [3.63, 3.8) is 0 Å². The van der Waals surface area contributed by atoms with Crippen molar-refractivity contribution in [2.24, 2.45) is 0 Å². The molecule has 0 bridgehead atoms. The third kappa shape index (κ3) is 3.15. The van der Waals surface area contributed by atoms with Crippen LogP contribution >= 0.6 is 11.3 Å². The Morgan fingerprint density at radius 1 is 1.71 bits per heavy atom. The summed E-state index contributed by atoms with van der Waals surface area (Å²) in [6, 6.07) is 1.98. The number of nitrogens with one attached hydrogen (secondary N) is 1. The first-order valence-corrected chi connectivity index (χ1v) is 5.61. The second-order valence-corrected chi connectivity index (χ2v) is 3.89. The number of terminal acetylenes is 1. The SMILES string of the molecule is C#CC(CC)NCC(O)c1ccsc1. The number of hydrogen-bond donors (Lipinski definition) is 2. The van der Waals surface area contributed by atoms with Crippen molar-refractivity contribution < 1.29 is 5.11 Å². The van der Waals surface area contributed by atoms with E-state index < -0.39 is 6.10 Å². The third-order valence-electron chi connectivity index (χ3n) is 2.09. The summed E-state index contributed by atoms with van der Waals surface area (Å²) in [5.74, 6) is 2.63. The van der Waals surface area contributed by atoms with E-state index >= 15 is 0 Å². The second-order valence-electron chi connectivity index (χ2n) is 3.11. The average Bonchev–Trinajstić information content (AvgIpc) is 2.72. The van der Waals surface area contributed by atoms with Crippen molar-refractivity contribution in [3.05, 3.63) is 22.4 Å². The quantitative estimate of drug-likeness (QED) is 0.725. The average molecular weight is 209 g/mol. The molecule has 1 aromatic rings. The van der Waals surface area contributed by atoms with Crippen LogP contribution in [0.2, 0.25) is 0 Å². The molecule has 0 aliphatic heterocycles. The topological polar surface area (TPSA) is 32.3 Å². The van der Waals surface area contributed by atoms with E-state index in [-0.39, 0.29) is 6.04 Å². The maximum Gasteiger partial charge on any atom is 0.0922 e. The van der Waals surface area contributed by atoms with Gasteiger partial charge >= 0.3 is 0 Å². The molecule has 2 unspecified atom stereocenters. The summed E-state index contributed by atoms with van der Waals surface area (Å²) in [5.41, 5.74) is 0.953. The Morgan fingerprint density at radius 3 is 3.00 bits per heavy atom. The molecule has 0 radical (unpaired) electrons. The van der Waals surface area contributed by atoms with E-state index in [1.54, 1.807) is 11.3 Å². The lowest BCUT2D eigenvalue weighted by atomic mass is 10.2. The molecule has 1 rings (SSSR count). The van der Waals surface area contributed by atoms with E-state index in [1.165, 1.54) is 0 Å². The number of hydrogen-bond acceptors (Lipinski definition) is 3. The molecule has 0 aromatic carbocycles. The molecule has 2 nitrogen and oxygen atoms in total. The van der Waals surface area contributed by atoms with Crippen LogP contribution in [0.3, 0.4) is 0 Å². The molecule has 2 atom stereocenters. The van der Waals surface area contributed by atoms with Gasteiger partial charge in [0.25, 0.3) is 0 Å². The van der Waals surface area contributed by atoms with Gasteiger partial charge in [0.1, 0.15) is 0 Å². The molecule has 0 aliphatic rings. The normalized spacial score (nSPS) is 14.6. The summed E-state index contributed by atoms with van der Waals surface area (Å²) in [6.45, 7) is 2.54. The molecular formula is C11H15NOS. The van der Waals surface area contributed by atoms with Gasteiger partial charge < -0.3 is 10.4 Å². The Bertz CT molecular complexity index is 289. The van der Waals surface area contributed by atoms with Crippen molar-refractivity contribution in [1.82, 2.24) is 5.32 Å². The molecule has 0 spiro atoms. The highest BCUT2D eigenvalue weighted by atomic mass is 32.1. The monoisotopic (exact) mass is 209 g/mol. The van der Waals surface area contributed by atoms with Crippen LogP contribution < -0.4 is 5.32 Å². The Kier molecular flexibility index (Phi) is 4.68. The van der Waals surface area contributed by atoms with E-state index in [1.807, 2.05) is 23.8 Å². The molecule has 0 saturated heterocycles. The summed E-state index contributed by atoms with van der Waals surface area (Å²) >= 11 is 1.59. The van der Waals surface area contributed by atoms with Gasteiger partial charge in [-0.3, -0.25) is 0 Å². The van der Waals surface area contributed by atoms with Crippen LogP contribution in [0.4, 0.5) is 0 Å². The largest absolute Gasteiger partial charge is 0.387 e. The maximum atomic E-state index is 9.72. The molecule has 76 valence electrons. The first kappa shape index (κ1) is 11.3. The summed E-state index contributed by atoms with van der Waals surface area (Å²) in [6.07, 6.45) is 5.72. The van der Waals surface area contributed by atoms with Gasteiger partial charge in [-0.2, -0.15) is 11.3 Å². The van der Waals surface area contributed by atoms with Gasteiger partial charge in [0, 0.05) is 6.54 Å². The molecule has 1 aromatic heterocycles. The zero-order chi connectivity index (χ0) is 10.4. The first-order valence-electron chi connectivity index (χ1n) is 4.67. The molecule has 3 heteroatoms. The highest BCUT2D eigenvalue weighted by molar-refractivity contribution is 7.07. The summed E-state index contributed by atoms with van der Waals surface area (Å²) < 4.78 is 0. The minimum absolute atomic E-state index is 0.0586. The Hall–Kier alpha value is -0.820. The predicted octanol–water partition coefficient (Wildman–Crippen LogP) is 1.78. The molecule has 0 fully saturated rings. The molecule has 1 heterocycles. The molecule has 14 heavy (non-hydrogen) atoms. The van der Waals surface area contributed by atoms with Crippen molar-refractivity contribution in [2.45, 2.75) is 25.5 Å². The van der Waals surface area contributed by atoms with Crippen LogP contribution in [0.1, 0.15) is 25.0 Å². The number of aliphatic hydroxyl groups is 1. The van der Waals surface area contributed by atoms with E-state index in [0.717, 1.165) is 12.0 Å². The molecule has 0 saturated carbocycles. The molecule has 0 aliphatic carbocycles. The van der Waals surface area contributed by atoms with Gasteiger partial charge in [-0.25, -0.2) is 0 Å². The summed E-state index contributed by atoms with van der Waals surface area (Å²) in [4.78, 5) is 0. The summed E-state index contributed by atoms with van der Waals surface area (Å²) in [5, 5.41) is 16.8. The smallest absolute Gasteiger partial charge is 0.0922 e. The highest BCUT2D eigenvalue weighted by Crippen LogP contribution is 2.15. The van der Waals surface area contributed by atoms with Crippen LogP contribution in [0, 0.1) is 12.3 Å². The Morgan fingerprint density at radius 2 is 2.50 bits per heavy atom.